The van der Waals surface area contributed by atoms with E-state index in [0.717, 1.165) is 11.1 Å². The summed E-state index contributed by atoms with van der Waals surface area (Å²) in [6.07, 6.45) is -0.0359. The summed E-state index contributed by atoms with van der Waals surface area (Å²) in [7, 11) is 0. The fourth-order valence-corrected chi connectivity index (χ4v) is 5.87. The van der Waals surface area contributed by atoms with Gasteiger partial charge >= 0.3 is 11.9 Å². The molecule has 2 heterocycles. The fourth-order valence-electron chi connectivity index (χ4n) is 5.87. The summed E-state index contributed by atoms with van der Waals surface area (Å²) in [5.74, 6) is -6.14. The van der Waals surface area contributed by atoms with Crippen LogP contribution in [-0.2, 0) is 38.2 Å². The van der Waals surface area contributed by atoms with Crippen molar-refractivity contribution in [3.8, 4) is 11.1 Å². The Morgan fingerprint density at radius 1 is 1.04 bits per heavy atom. The molecule has 1 aliphatic rings. The number of hydrogen-bond acceptors (Lipinski definition) is 12. The summed E-state index contributed by atoms with van der Waals surface area (Å²) in [5.41, 5.74) is 13.2. The summed E-state index contributed by atoms with van der Waals surface area (Å²) in [5, 5.41) is 23.4. The van der Waals surface area contributed by atoms with Crippen molar-refractivity contribution in [1.82, 2.24) is 20.4 Å². The molecule has 0 spiro atoms. The molecule has 9 N–H and O–H groups in total. The Hall–Kier alpha value is -5.82. The molecule has 3 aromatic rings. The van der Waals surface area contributed by atoms with Crippen molar-refractivity contribution in [1.29, 1.82) is 5.41 Å². The first-order valence-electron chi connectivity index (χ1n) is 17.0. The SMILES string of the molecule is N=C(N)NCC(C[C@H](N)C(=O)NCC(=O)N[C@H]([C]=O)CC(=O)O)C(=O)C(=O)CCOC[N+]1(c2cc(=O)c3cccc(-c4ccccc4)c3o2)CCOCC1. The number of fused-ring (bicyclic) bond motifs is 1. The molecule has 4 rings (SSSR count). The van der Waals surface area contributed by atoms with Gasteiger partial charge in [0, 0.05) is 24.4 Å². The Bertz CT molecular complexity index is 1910. The lowest BCUT2D eigenvalue weighted by Crippen LogP contribution is -2.57. The zero-order chi connectivity index (χ0) is 39.3. The molecular weight excluding hydrogens is 706 g/mol. The Kier molecular flexibility index (Phi) is 14.6. The van der Waals surface area contributed by atoms with Crippen molar-refractivity contribution in [3.05, 3.63) is 64.8 Å². The first kappa shape index (κ1) is 40.9. The number of nitrogens with zero attached hydrogens (tertiary/aromatic N) is 1. The standard InChI is InChI=1S/C36H42N7O11/c37-27(35(51)40-19-30(47)42-24(20-44)16-32(48)49)15-23(18-41-36(38)39)33(50)28(45)9-12-53-21-43(10-13-52-14-11-43)31-17-29(46)26-8-4-7-25(34(26)54-31)22-5-2-1-3-6-22/h1-8,17,23-24,27H,9-16,18-19,21,37H2,(H6-,38,39,40,41,42,47,48,49,51)/p+1/t23?,24-,27-/m0/s1. The molecule has 54 heavy (non-hydrogen) atoms. The number of carboxylic acid groups (broad SMARTS) is 1. The average molecular weight is 750 g/mol. The molecule has 1 aromatic heterocycles. The average Bonchev–Trinajstić information content (AvgIpc) is 3.16. The smallest absolute Gasteiger partial charge is 0.305 e. The van der Waals surface area contributed by atoms with Crippen molar-refractivity contribution in [2.24, 2.45) is 17.4 Å². The van der Waals surface area contributed by atoms with E-state index in [4.69, 9.17) is 35.9 Å². The fraction of sp³-hybridized carbons (Fsp3) is 0.389. The highest BCUT2D eigenvalue weighted by molar-refractivity contribution is 6.38. The molecule has 3 atom stereocenters. The third kappa shape index (κ3) is 11.1. The summed E-state index contributed by atoms with van der Waals surface area (Å²) in [6.45, 7) is 0.412. The van der Waals surface area contributed by atoms with Gasteiger partial charge in [-0.25, -0.2) is 4.48 Å². The Balaban J connectivity index is 1.39. The van der Waals surface area contributed by atoms with Gasteiger partial charge in [-0.05, 0) is 18.1 Å². The van der Waals surface area contributed by atoms with Crippen LogP contribution in [0.5, 0.6) is 0 Å². The Morgan fingerprint density at radius 3 is 2.43 bits per heavy atom. The lowest BCUT2D eigenvalue weighted by atomic mass is 9.92. The maximum atomic E-state index is 13.4. The van der Waals surface area contributed by atoms with Crippen LogP contribution in [0.25, 0.3) is 22.1 Å². The van der Waals surface area contributed by atoms with Crippen molar-refractivity contribution in [2.75, 3.05) is 52.7 Å². The second-order valence-corrected chi connectivity index (χ2v) is 12.7. The number of aliphatic carboxylic acids is 1. The summed E-state index contributed by atoms with van der Waals surface area (Å²) >= 11 is 0. The number of hydrogen-bond donors (Lipinski definition) is 7. The Labute approximate surface area is 309 Å². The number of ether oxygens (including phenoxy) is 2. The number of Topliss-reactive ketones (excluding diaryl/α,β-unsaturated/α-hetero) is 2. The minimum absolute atomic E-state index is 0.00264. The number of carbonyl (C=O) groups excluding carboxylic acids is 5. The number of morpholine rings is 1. The van der Waals surface area contributed by atoms with Gasteiger partial charge in [-0.1, -0.05) is 42.5 Å². The minimum Gasteiger partial charge on any atom is -0.481 e. The van der Waals surface area contributed by atoms with Gasteiger partial charge < -0.3 is 46.4 Å². The number of nitrogens with one attached hydrogen (secondary N) is 4. The molecule has 0 aliphatic carbocycles. The molecule has 18 nitrogen and oxygen atoms in total. The maximum Gasteiger partial charge on any atom is 0.305 e. The number of amides is 2. The van der Waals surface area contributed by atoms with Crippen LogP contribution in [0.3, 0.4) is 0 Å². The lowest BCUT2D eigenvalue weighted by Gasteiger charge is -2.38. The summed E-state index contributed by atoms with van der Waals surface area (Å²) in [6, 6.07) is 13.5. The zero-order valence-electron chi connectivity index (χ0n) is 29.3. The van der Waals surface area contributed by atoms with Crippen LogP contribution in [0.15, 0.2) is 63.8 Å². The zero-order valence-corrected chi connectivity index (χ0v) is 29.3. The summed E-state index contributed by atoms with van der Waals surface area (Å²) < 4.78 is 18.1. The van der Waals surface area contributed by atoms with E-state index in [0.29, 0.717) is 43.2 Å². The number of ketones is 2. The van der Waals surface area contributed by atoms with Crippen LogP contribution in [-0.4, -0.2) is 112 Å². The molecule has 287 valence electrons. The van der Waals surface area contributed by atoms with E-state index in [2.05, 4.69) is 16.0 Å². The van der Waals surface area contributed by atoms with Crippen molar-refractivity contribution >= 4 is 58.4 Å². The number of carbonyl (C=O) groups is 5. The largest absolute Gasteiger partial charge is 0.481 e. The predicted molar refractivity (Wildman–Crippen MR) is 195 cm³/mol. The van der Waals surface area contributed by atoms with Crippen LogP contribution >= 0.6 is 0 Å². The number of carboxylic acids is 1. The molecule has 0 bridgehead atoms. The van der Waals surface area contributed by atoms with Gasteiger partial charge in [0.15, 0.2) is 23.7 Å². The Morgan fingerprint density at radius 2 is 1.76 bits per heavy atom. The van der Waals surface area contributed by atoms with Crippen LogP contribution in [0.2, 0.25) is 0 Å². The quantitative estimate of drug-likeness (QED) is 0.0247. The predicted octanol–water partition coefficient (Wildman–Crippen LogP) is -0.698. The molecule has 0 saturated carbocycles. The highest BCUT2D eigenvalue weighted by Gasteiger charge is 2.37. The monoisotopic (exact) mass is 749 g/mol. The van der Waals surface area contributed by atoms with Crippen molar-refractivity contribution < 1.29 is 47.8 Å². The topological polar surface area (TPSA) is 283 Å². The molecule has 18 heteroatoms. The molecule has 2 amide bonds. The minimum atomic E-state index is -1.43. The van der Waals surface area contributed by atoms with Gasteiger partial charge in [-0.2, -0.15) is 0 Å². The van der Waals surface area contributed by atoms with Gasteiger partial charge in [-0.15, -0.1) is 0 Å². The van der Waals surface area contributed by atoms with Gasteiger partial charge in [0.1, 0.15) is 19.1 Å². The molecule has 2 aromatic carbocycles. The maximum absolute atomic E-state index is 13.4. The van der Waals surface area contributed by atoms with E-state index in [1.54, 1.807) is 12.1 Å². The molecule has 1 saturated heterocycles. The van der Waals surface area contributed by atoms with Crippen LogP contribution in [0.4, 0.5) is 5.88 Å². The number of rotatable bonds is 20. The first-order valence-corrected chi connectivity index (χ1v) is 17.0. The van der Waals surface area contributed by atoms with Gasteiger partial charge in [0.25, 0.3) is 0 Å². The molecule has 1 fully saturated rings. The van der Waals surface area contributed by atoms with Gasteiger partial charge in [0.2, 0.25) is 29.7 Å². The van der Waals surface area contributed by atoms with Crippen LogP contribution < -0.4 is 37.3 Å². The number of quaternary nitrogens is 1. The number of guanidine groups is 1. The van der Waals surface area contributed by atoms with Crippen molar-refractivity contribution in [2.45, 2.75) is 31.3 Å². The van der Waals surface area contributed by atoms with Crippen LogP contribution in [0.1, 0.15) is 19.3 Å². The third-order valence-electron chi connectivity index (χ3n) is 8.77. The molecule has 1 radical (unpaired) electrons. The van der Waals surface area contributed by atoms with Crippen LogP contribution in [0, 0.1) is 11.3 Å². The normalized spacial score (nSPS) is 15.3. The van der Waals surface area contributed by atoms with E-state index >= 15 is 0 Å². The van der Waals surface area contributed by atoms with E-state index in [9.17, 15) is 33.6 Å². The number of para-hydroxylation sites is 1. The lowest BCUT2D eigenvalue weighted by molar-refractivity contribution is -0.140. The molecule has 1 aliphatic heterocycles. The molecular formula is C36H43N7O11+. The second-order valence-electron chi connectivity index (χ2n) is 12.7. The van der Waals surface area contributed by atoms with E-state index in [1.807, 2.05) is 36.4 Å². The number of benzene rings is 2. The van der Waals surface area contributed by atoms with E-state index in [-0.39, 0.29) is 42.6 Å². The highest BCUT2D eigenvalue weighted by Crippen LogP contribution is 2.33. The first-order chi connectivity index (χ1) is 25.8. The molecule has 1 unspecified atom stereocenters. The number of nitrogens with two attached hydrogens (primary N) is 2. The highest BCUT2D eigenvalue weighted by atomic mass is 16.5. The second kappa shape index (κ2) is 19.3. The van der Waals surface area contributed by atoms with E-state index < -0.39 is 66.3 Å². The van der Waals surface area contributed by atoms with Crippen molar-refractivity contribution in [3.63, 3.8) is 0 Å². The van der Waals surface area contributed by atoms with E-state index in [1.165, 1.54) is 12.4 Å². The van der Waals surface area contributed by atoms with Gasteiger partial charge in [-0.3, -0.25) is 39.0 Å². The summed E-state index contributed by atoms with van der Waals surface area (Å²) in [4.78, 5) is 86.0. The third-order valence-corrected chi connectivity index (χ3v) is 8.77. The van der Waals surface area contributed by atoms with Gasteiger partial charge in [0.05, 0.1) is 50.3 Å².